The van der Waals surface area contributed by atoms with Crippen LogP contribution in [0, 0.1) is 33.1 Å². The van der Waals surface area contributed by atoms with Crippen molar-refractivity contribution in [3.8, 4) is 6.07 Å². The summed E-state index contributed by atoms with van der Waals surface area (Å²) >= 11 is 5.72. The lowest BCUT2D eigenvalue weighted by atomic mass is 10.1. The van der Waals surface area contributed by atoms with Gasteiger partial charge in [-0.25, -0.2) is 8.78 Å². The second-order valence-corrected chi connectivity index (χ2v) is 4.38. The fraction of sp³-hybridized carbons (Fsp3) is 0. The topological polar surface area (TPSA) is 79.0 Å². The maximum atomic E-state index is 13.6. The molecule has 5 nitrogen and oxygen atoms in total. The van der Waals surface area contributed by atoms with E-state index in [9.17, 15) is 18.9 Å². The molecule has 2 aromatic carbocycles. The van der Waals surface area contributed by atoms with Crippen LogP contribution in [0.1, 0.15) is 5.56 Å². The third-order valence-corrected chi connectivity index (χ3v) is 2.89. The van der Waals surface area contributed by atoms with Gasteiger partial charge in [-0.2, -0.15) is 5.26 Å². The minimum atomic E-state index is -0.938. The van der Waals surface area contributed by atoms with Crippen molar-refractivity contribution in [2.75, 3.05) is 5.32 Å². The molecule has 0 saturated carbocycles. The van der Waals surface area contributed by atoms with Crippen LogP contribution in [-0.4, -0.2) is 4.92 Å². The molecule has 0 aliphatic heterocycles. The number of nitro groups is 1. The first-order valence-electron chi connectivity index (χ1n) is 5.52. The third-order valence-electron chi connectivity index (χ3n) is 2.59. The van der Waals surface area contributed by atoms with Gasteiger partial charge in [-0.15, -0.1) is 0 Å². The van der Waals surface area contributed by atoms with Gasteiger partial charge >= 0.3 is 0 Å². The lowest BCUT2D eigenvalue weighted by Crippen LogP contribution is -1.98. The van der Waals surface area contributed by atoms with Crippen LogP contribution < -0.4 is 5.32 Å². The summed E-state index contributed by atoms with van der Waals surface area (Å²) in [5.74, 6) is -1.78. The maximum absolute atomic E-state index is 13.6. The summed E-state index contributed by atoms with van der Waals surface area (Å²) in [5, 5.41) is 21.9. The van der Waals surface area contributed by atoms with E-state index >= 15 is 0 Å². The Morgan fingerprint density at radius 2 is 2.00 bits per heavy atom. The molecule has 0 spiro atoms. The smallest absolute Gasteiger partial charge is 0.289 e. The maximum Gasteiger partial charge on any atom is 0.289 e. The molecular weight excluding hydrogens is 304 g/mol. The lowest BCUT2D eigenvalue weighted by Gasteiger charge is -2.10. The molecule has 106 valence electrons. The van der Waals surface area contributed by atoms with E-state index in [0.29, 0.717) is 6.07 Å². The van der Waals surface area contributed by atoms with Gasteiger partial charge in [0.05, 0.1) is 15.6 Å². The molecular formula is C13H6ClF2N3O2. The first kappa shape index (κ1) is 14.7. The highest BCUT2D eigenvalue weighted by Gasteiger charge is 2.16. The van der Waals surface area contributed by atoms with Crippen LogP contribution in [0.4, 0.5) is 25.8 Å². The minimum Gasteiger partial charge on any atom is -0.352 e. The van der Waals surface area contributed by atoms with E-state index in [4.69, 9.17) is 16.9 Å². The van der Waals surface area contributed by atoms with Crippen molar-refractivity contribution in [2.24, 2.45) is 0 Å². The van der Waals surface area contributed by atoms with Gasteiger partial charge in [0.2, 0.25) is 0 Å². The number of nitriles is 1. The van der Waals surface area contributed by atoms with E-state index in [0.717, 1.165) is 12.1 Å². The van der Waals surface area contributed by atoms with Crippen molar-refractivity contribution in [1.82, 2.24) is 0 Å². The van der Waals surface area contributed by atoms with E-state index in [-0.39, 0.29) is 22.0 Å². The highest BCUT2D eigenvalue weighted by atomic mass is 35.5. The normalized spacial score (nSPS) is 10.0. The number of benzene rings is 2. The standard InChI is InChI=1S/C13H6ClF2N3O2/c14-10-3-8(15)4-11(16)13(10)18-9-2-1-7(6-17)12(5-9)19(20)21/h1-5,18H. The second-order valence-electron chi connectivity index (χ2n) is 3.97. The largest absolute Gasteiger partial charge is 0.352 e. The Kier molecular flexibility index (Phi) is 4.00. The van der Waals surface area contributed by atoms with Crippen molar-refractivity contribution in [2.45, 2.75) is 0 Å². The fourth-order valence-corrected chi connectivity index (χ4v) is 1.90. The van der Waals surface area contributed by atoms with Crippen LogP contribution in [-0.2, 0) is 0 Å². The molecule has 21 heavy (non-hydrogen) atoms. The number of rotatable bonds is 3. The van der Waals surface area contributed by atoms with Crippen molar-refractivity contribution >= 4 is 28.7 Å². The van der Waals surface area contributed by atoms with Gasteiger partial charge in [-0.3, -0.25) is 10.1 Å². The van der Waals surface area contributed by atoms with E-state index in [1.54, 1.807) is 6.07 Å². The highest BCUT2D eigenvalue weighted by molar-refractivity contribution is 6.33. The minimum absolute atomic E-state index is 0.128. The molecule has 0 unspecified atom stereocenters. The van der Waals surface area contributed by atoms with Crippen molar-refractivity contribution in [3.05, 3.63) is 62.7 Å². The lowest BCUT2D eigenvalue weighted by molar-refractivity contribution is -0.385. The Morgan fingerprint density at radius 3 is 2.57 bits per heavy atom. The Morgan fingerprint density at radius 1 is 1.29 bits per heavy atom. The molecule has 2 aromatic rings. The number of nitrogens with zero attached hydrogens (tertiary/aromatic N) is 2. The number of anilines is 2. The number of nitrogens with one attached hydrogen (secondary N) is 1. The zero-order valence-electron chi connectivity index (χ0n) is 10.2. The fourth-order valence-electron chi connectivity index (χ4n) is 1.66. The first-order valence-corrected chi connectivity index (χ1v) is 5.90. The third kappa shape index (κ3) is 3.07. The molecule has 0 aromatic heterocycles. The molecule has 0 heterocycles. The molecule has 0 radical (unpaired) electrons. The second kappa shape index (κ2) is 5.73. The van der Waals surface area contributed by atoms with E-state index in [1.807, 2.05) is 0 Å². The number of hydrogen-bond donors (Lipinski definition) is 1. The van der Waals surface area contributed by atoms with Crippen molar-refractivity contribution in [3.63, 3.8) is 0 Å². The number of hydrogen-bond acceptors (Lipinski definition) is 4. The average Bonchev–Trinajstić information content (AvgIpc) is 2.42. The van der Waals surface area contributed by atoms with Gasteiger partial charge in [0.1, 0.15) is 17.4 Å². The Labute approximate surface area is 122 Å². The first-order chi connectivity index (χ1) is 9.92. The molecule has 0 amide bonds. The summed E-state index contributed by atoms with van der Waals surface area (Å²) < 4.78 is 26.6. The molecule has 0 saturated heterocycles. The van der Waals surface area contributed by atoms with Gasteiger partial charge in [0.15, 0.2) is 5.82 Å². The summed E-state index contributed by atoms with van der Waals surface area (Å²) in [6.45, 7) is 0. The van der Waals surface area contributed by atoms with Crippen LogP contribution in [0.3, 0.4) is 0 Å². The van der Waals surface area contributed by atoms with Gasteiger partial charge in [0, 0.05) is 17.8 Å². The summed E-state index contributed by atoms with van der Waals surface area (Å²) in [6, 6.07) is 6.86. The predicted molar refractivity (Wildman–Crippen MR) is 72.5 cm³/mol. The van der Waals surface area contributed by atoms with Gasteiger partial charge in [-0.05, 0) is 18.2 Å². The molecule has 0 aliphatic rings. The molecule has 1 N–H and O–H groups in total. The Balaban J connectivity index is 2.44. The van der Waals surface area contributed by atoms with Gasteiger partial charge in [0.25, 0.3) is 5.69 Å². The van der Waals surface area contributed by atoms with Crippen LogP contribution >= 0.6 is 11.6 Å². The summed E-state index contributed by atoms with van der Waals surface area (Å²) in [6.07, 6.45) is 0. The number of nitro benzene ring substituents is 1. The quantitative estimate of drug-likeness (QED) is 0.682. The zero-order valence-corrected chi connectivity index (χ0v) is 11.0. The average molecular weight is 310 g/mol. The Hall–Kier alpha value is -2.72. The molecule has 0 atom stereocenters. The molecule has 2 rings (SSSR count). The monoisotopic (exact) mass is 309 g/mol. The van der Waals surface area contributed by atoms with E-state index < -0.39 is 22.2 Å². The summed E-state index contributed by atoms with van der Waals surface area (Å²) in [4.78, 5) is 10.1. The van der Waals surface area contributed by atoms with Crippen molar-refractivity contribution in [1.29, 1.82) is 5.26 Å². The van der Waals surface area contributed by atoms with Crippen LogP contribution in [0.25, 0.3) is 0 Å². The van der Waals surface area contributed by atoms with Gasteiger partial charge in [-0.1, -0.05) is 11.6 Å². The Bertz CT molecular complexity index is 751. The predicted octanol–water partition coefficient (Wildman–Crippen LogP) is 4.14. The molecule has 0 fully saturated rings. The van der Waals surface area contributed by atoms with Crippen LogP contribution in [0.2, 0.25) is 5.02 Å². The van der Waals surface area contributed by atoms with E-state index in [1.165, 1.54) is 12.1 Å². The van der Waals surface area contributed by atoms with Crippen LogP contribution in [0.15, 0.2) is 30.3 Å². The van der Waals surface area contributed by atoms with Crippen molar-refractivity contribution < 1.29 is 13.7 Å². The van der Waals surface area contributed by atoms with E-state index in [2.05, 4.69) is 5.32 Å². The molecule has 8 heteroatoms. The highest BCUT2D eigenvalue weighted by Crippen LogP contribution is 2.31. The summed E-state index contributed by atoms with van der Waals surface area (Å²) in [5.41, 5.74) is -0.623. The molecule has 0 bridgehead atoms. The zero-order chi connectivity index (χ0) is 15.6. The van der Waals surface area contributed by atoms with Crippen LogP contribution in [0.5, 0.6) is 0 Å². The molecule has 0 aliphatic carbocycles. The SMILES string of the molecule is N#Cc1ccc(Nc2c(F)cc(F)cc2Cl)cc1[N+](=O)[O-]. The number of halogens is 3. The summed E-state index contributed by atoms with van der Waals surface area (Å²) in [7, 11) is 0. The van der Waals surface area contributed by atoms with Gasteiger partial charge < -0.3 is 5.32 Å².